The van der Waals surface area contributed by atoms with Gasteiger partial charge in [-0.3, -0.25) is 4.90 Å². The monoisotopic (exact) mass is 262 g/mol. The second-order valence-electron chi connectivity index (χ2n) is 5.29. The van der Waals surface area contributed by atoms with Crippen LogP contribution in [0.15, 0.2) is 24.3 Å². The molecule has 1 aliphatic rings. The summed E-state index contributed by atoms with van der Waals surface area (Å²) >= 11 is 0. The summed E-state index contributed by atoms with van der Waals surface area (Å²) in [5.74, 6) is 0.973. The largest absolute Gasteiger partial charge is 0.492 e. The van der Waals surface area contributed by atoms with E-state index >= 15 is 0 Å². The number of nitrogens with two attached hydrogens (primary N) is 1. The van der Waals surface area contributed by atoms with Crippen molar-refractivity contribution in [3.05, 3.63) is 29.8 Å². The lowest BCUT2D eigenvalue weighted by Crippen LogP contribution is -2.29. The van der Waals surface area contributed by atoms with Gasteiger partial charge in [-0.15, -0.1) is 0 Å². The molecule has 0 aromatic heterocycles. The van der Waals surface area contributed by atoms with Crippen molar-refractivity contribution in [2.24, 2.45) is 5.73 Å². The molecule has 1 aromatic rings. The maximum absolute atomic E-state index is 5.85. The van der Waals surface area contributed by atoms with Gasteiger partial charge < -0.3 is 10.5 Å². The zero-order valence-corrected chi connectivity index (χ0v) is 11.8. The van der Waals surface area contributed by atoms with Gasteiger partial charge in [-0.1, -0.05) is 25.0 Å². The number of rotatable bonds is 6. The van der Waals surface area contributed by atoms with Gasteiger partial charge in [0.1, 0.15) is 12.4 Å². The molecule has 3 nitrogen and oxygen atoms in total. The molecule has 0 spiro atoms. The minimum atomic E-state index is 0.692. The topological polar surface area (TPSA) is 38.5 Å². The summed E-state index contributed by atoms with van der Waals surface area (Å²) in [6.45, 7) is 4.98. The fourth-order valence-corrected chi connectivity index (χ4v) is 2.61. The first kappa shape index (κ1) is 14.4. The van der Waals surface area contributed by atoms with Crippen LogP contribution < -0.4 is 10.5 Å². The average molecular weight is 262 g/mol. The van der Waals surface area contributed by atoms with Crippen molar-refractivity contribution in [1.82, 2.24) is 4.90 Å². The van der Waals surface area contributed by atoms with Crippen molar-refractivity contribution in [1.29, 1.82) is 0 Å². The summed E-state index contributed by atoms with van der Waals surface area (Å²) in [7, 11) is 0. The first-order chi connectivity index (χ1) is 9.38. The van der Waals surface area contributed by atoms with Crippen LogP contribution >= 0.6 is 0 Å². The summed E-state index contributed by atoms with van der Waals surface area (Å²) < 4.78 is 5.85. The smallest absolute Gasteiger partial charge is 0.119 e. The van der Waals surface area contributed by atoms with Crippen LogP contribution in [0.25, 0.3) is 0 Å². The third-order valence-electron chi connectivity index (χ3n) is 3.71. The quantitative estimate of drug-likeness (QED) is 0.856. The van der Waals surface area contributed by atoms with Gasteiger partial charge >= 0.3 is 0 Å². The van der Waals surface area contributed by atoms with Crippen molar-refractivity contribution in [2.75, 3.05) is 32.8 Å². The molecule has 0 unspecified atom stereocenters. The van der Waals surface area contributed by atoms with E-state index in [1.807, 2.05) is 12.1 Å². The minimum absolute atomic E-state index is 0.692. The second-order valence-corrected chi connectivity index (χ2v) is 5.29. The normalized spacial score (nSPS) is 17.1. The van der Waals surface area contributed by atoms with E-state index in [-0.39, 0.29) is 0 Å². The number of ether oxygens (including phenoxy) is 1. The number of likely N-dealkylation sites (tertiary alicyclic amines) is 1. The number of hydrogen-bond donors (Lipinski definition) is 1. The highest BCUT2D eigenvalue weighted by Gasteiger charge is 2.08. The molecule has 0 radical (unpaired) electrons. The van der Waals surface area contributed by atoms with Crippen LogP contribution in [0.4, 0.5) is 0 Å². The maximum Gasteiger partial charge on any atom is 0.119 e. The first-order valence-electron chi connectivity index (χ1n) is 7.52. The van der Waals surface area contributed by atoms with Crippen LogP contribution in [0.2, 0.25) is 0 Å². The van der Waals surface area contributed by atoms with Gasteiger partial charge in [-0.2, -0.15) is 0 Å². The average Bonchev–Trinajstić information content (AvgIpc) is 2.68. The number of nitrogens with zero attached hydrogens (tertiary/aromatic N) is 1. The van der Waals surface area contributed by atoms with Crippen LogP contribution in [-0.4, -0.2) is 37.7 Å². The van der Waals surface area contributed by atoms with Crippen molar-refractivity contribution < 1.29 is 4.74 Å². The Balaban J connectivity index is 1.73. The minimum Gasteiger partial charge on any atom is -0.492 e. The highest BCUT2D eigenvalue weighted by atomic mass is 16.5. The molecule has 0 aliphatic carbocycles. The lowest BCUT2D eigenvalue weighted by Gasteiger charge is -2.19. The first-order valence-corrected chi connectivity index (χ1v) is 7.52. The van der Waals surface area contributed by atoms with E-state index in [2.05, 4.69) is 17.0 Å². The summed E-state index contributed by atoms with van der Waals surface area (Å²) in [6.07, 6.45) is 6.37. The van der Waals surface area contributed by atoms with Crippen LogP contribution in [0, 0.1) is 0 Å². The molecular weight excluding hydrogens is 236 g/mol. The molecular formula is C16H26N2O. The van der Waals surface area contributed by atoms with Crippen molar-refractivity contribution in [2.45, 2.75) is 32.1 Å². The molecule has 106 valence electrons. The van der Waals surface area contributed by atoms with Gasteiger partial charge in [-0.25, -0.2) is 0 Å². The molecule has 1 aliphatic heterocycles. The van der Waals surface area contributed by atoms with E-state index in [0.29, 0.717) is 6.54 Å². The summed E-state index contributed by atoms with van der Waals surface area (Å²) in [6, 6.07) is 8.29. The zero-order valence-electron chi connectivity index (χ0n) is 11.8. The van der Waals surface area contributed by atoms with E-state index in [4.69, 9.17) is 10.5 Å². The molecule has 0 atom stereocenters. The summed E-state index contributed by atoms with van der Waals surface area (Å²) in [5, 5.41) is 0. The highest BCUT2D eigenvalue weighted by Crippen LogP contribution is 2.14. The molecule has 19 heavy (non-hydrogen) atoms. The highest BCUT2D eigenvalue weighted by molar-refractivity contribution is 5.28. The van der Waals surface area contributed by atoms with E-state index in [9.17, 15) is 0 Å². The Hall–Kier alpha value is -1.06. The Bertz CT molecular complexity index is 360. The predicted molar refractivity (Wildman–Crippen MR) is 79.6 cm³/mol. The van der Waals surface area contributed by atoms with Gasteiger partial charge in [0.05, 0.1) is 0 Å². The SMILES string of the molecule is NCCc1cccc(OCCN2CCCCCC2)c1. The van der Waals surface area contributed by atoms with Crippen molar-refractivity contribution in [3.63, 3.8) is 0 Å². The fourth-order valence-electron chi connectivity index (χ4n) is 2.61. The molecule has 1 heterocycles. The van der Waals surface area contributed by atoms with Crippen LogP contribution in [-0.2, 0) is 6.42 Å². The van der Waals surface area contributed by atoms with E-state index < -0.39 is 0 Å². The van der Waals surface area contributed by atoms with Crippen LogP contribution in [0.1, 0.15) is 31.2 Å². The Morgan fingerprint density at radius 1 is 1.11 bits per heavy atom. The van der Waals surface area contributed by atoms with Crippen LogP contribution in [0.3, 0.4) is 0 Å². The Morgan fingerprint density at radius 3 is 2.63 bits per heavy atom. The molecule has 0 saturated carbocycles. The zero-order chi connectivity index (χ0) is 13.3. The molecule has 1 aromatic carbocycles. The standard InChI is InChI=1S/C16H26N2O/c17-9-8-15-6-5-7-16(14-15)19-13-12-18-10-3-1-2-4-11-18/h5-7,14H,1-4,8-13,17H2. The van der Waals surface area contributed by atoms with Crippen LogP contribution in [0.5, 0.6) is 5.75 Å². The van der Waals surface area contributed by atoms with Gasteiger partial charge in [0, 0.05) is 6.54 Å². The molecule has 2 N–H and O–H groups in total. The maximum atomic E-state index is 5.85. The molecule has 0 bridgehead atoms. The Labute approximate surface area is 116 Å². The van der Waals surface area contributed by atoms with Crippen molar-refractivity contribution >= 4 is 0 Å². The predicted octanol–water partition coefficient (Wildman–Crippen LogP) is 2.44. The Kier molecular flexibility index (Phi) is 6.18. The van der Waals surface area contributed by atoms with Gasteiger partial charge in [0.2, 0.25) is 0 Å². The Morgan fingerprint density at radius 2 is 1.89 bits per heavy atom. The number of benzene rings is 1. The second kappa shape index (κ2) is 8.18. The van der Waals surface area contributed by atoms with E-state index in [1.165, 1.54) is 44.3 Å². The van der Waals surface area contributed by atoms with Gasteiger partial charge in [-0.05, 0) is 56.6 Å². The lowest BCUT2D eigenvalue weighted by atomic mass is 10.1. The molecule has 3 heteroatoms. The molecule has 2 rings (SSSR count). The molecule has 1 saturated heterocycles. The van der Waals surface area contributed by atoms with Gasteiger partial charge in [0.25, 0.3) is 0 Å². The third-order valence-corrected chi connectivity index (χ3v) is 3.71. The summed E-state index contributed by atoms with van der Waals surface area (Å²) in [4.78, 5) is 2.52. The van der Waals surface area contributed by atoms with E-state index in [1.54, 1.807) is 0 Å². The fraction of sp³-hybridized carbons (Fsp3) is 0.625. The molecule has 0 amide bonds. The van der Waals surface area contributed by atoms with Gasteiger partial charge in [0.15, 0.2) is 0 Å². The number of hydrogen-bond acceptors (Lipinski definition) is 3. The third kappa shape index (κ3) is 5.21. The van der Waals surface area contributed by atoms with Crippen molar-refractivity contribution in [3.8, 4) is 5.75 Å². The molecule has 1 fully saturated rings. The lowest BCUT2D eigenvalue weighted by molar-refractivity contribution is 0.214. The summed E-state index contributed by atoms with van der Waals surface area (Å²) in [5.41, 5.74) is 6.83. The van der Waals surface area contributed by atoms with E-state index in [0.717, 1.165) is 25.3 Å².